The van der Waals surface area contributed by atoms with E-state index in [1.165, 1.54) is 12.8 Å². The molecule has 1 aromatic rings. The van der Waals surface area contributed by atoms with Gasteiger partial charge in [0.05, 0.1) is 15.6 Å². The quantitative estimate of drug-likeness (QED) is 0.819. The fourth-order valence-corrected chi connectivity index (χ4v) is 4.94. The Hall–Kier alpha value is -0.730. The van der Waals surface area contributed by atoms with Gasteiger partial charge >= 0.3 is 0 Å². The lowest BCUT2D eigenvalue weighted by atomic mass is 9.69. The lowest BCUT2D eigenvalue weighted by Crippen LogP contribution is -2.47. The van der Waals surface area contributed by atoms with Crippen molar-refractivity contribution in [1.82, 2.24) is 5.32 Å². The molecule has 2 nitrogen and oxygen atoms in total. The van der Waals surface area contributed by atoms with Crippen molar-refractivity contribution < 1.29 is 4.79 Å². The summed E-state index contributed by atoms with van der Waals surface area (Å²) >= 11 is 12.3. The Morgan fingerprint density at radius 3 is 2.33 bits per heavy atom. The molecule has 2 aliphatic carbocycles. The van der Waals surface area contributed by atoms with E-state index in [-0.39, 0.29) is 22.8 Å². The van der Waals surface area contributed by atoms with Crippen molar-refractivity contribution in [2.24, 2.45) is 16.7 Å². The van der Waals surface area contributed by atoms with Gasteiger partial charge in [0.2, 0.25) is 0 Å². The number of halogens is 2. The minimum Gasteiger partial charge on any atom is -0.349 e. The van der Waals surface area contributed by atoms with Crippen LogP contribution in [-0.4, -0.2) is 11.9 Å². The molecule has 1 aromatic carbocycles. The largest absolute Gasteiger partial charge is 0.349 e. The fourth-order valence-electron chi connectivity index (χ4n) is 4.37. The molecule has 3 atom stereocenters. The molecule has 0 radical (unpaired) electrons. The lowest BCUT2D eigenvalue weighted by Gasteiger charge is -2.39. The maximum Gasteiger partial charge on any atom is 0.254 e. The third-order valence-corrected chi connectivity index (χ3v) is 6.92. The van der Waals surface area contributed by atoms with E-state index in [1.807, 2.05) is 0 Å². The Labute approximate surface area is 136 Å². The molecule has 114 valence electrons. The number of hydrogen-bond acceptors (Lipinski definition) is 1. The number of benzene rings is 1. The highest BCUT2D eigenvalue weighted by atomic mass is 35.5. The number of rotatable bonds is 2. The molecule has 1 amide bonds. The van der Waals surface area contributed by atoms with Gasteiger partial charge in [0.15, 0.2) is 0 Å². The minimum absolute atomic E-state index is 0.153. The summed E-state index contributed by atoms with van der Waals surface area (Å²) in [5, 5.41) is 4.02. The van der Waals surface area contributed by atoms with E-state index in [4.69, 9.17) is 23.2 Å². The molecule has 0 aromatic heterocycles. The van der Waals surface area contributed by atoms with E-state index in [0.29, 0.717) is 21.5 Å². The zero-order chi connectivity index (χ0) is 15.4. The van der Waals surface area contributed by atoms with Gasteiger partial charge in [0, 0.05) is 6.04 Å². The molecule has 0 heterocycles. The summed E-state index contributed by atoms with van der Waals surface area (Å²) in [5.41, 5.74) is 0.820. The monoisotopic (exact) mass is 325 g/mol. The Morgan fingerprint density at radius 2 is 1.86 bits per heavy atom. The van der Waals surface area contributed by atoms with Crippen molar-refractivity contribution in [1.29, 1.82) is 0 Å². The zero-order valence-electron chi connectivity index (χ0n) is 12.7. The summed E-state index contributed by atoms with van der Waals surface area (Å²) in [4.78, 5) is 12.6. The average Bonchev–Trinajstić information content (AvgIpc) is 2.71. The minimum atomic E-state index is -0.153. The molecular weight excluding hydrogens is 305 g/mol. The molecule has 21 heavy (non-hydrogen) atoms. The number of carbonyl (C=O) groups excluding carboxylic acids is 1. The van der Waals surface area contributed by atoms with Crippen molar-refractivity contribution in [2.45, 2.75) is 46.1 Å². The number of fused-ring (bicyclic) bond motifs is 2. The maximum atomic E-state index is 12.6. The summed E-state index contributed by atoms with van der Waals surface area (Å²) in [6, 6.07) is 5.36. The van der Waals surface area contributed by atoms with Crippen LogP contribution in [0.25, 0.3) is 0 Å². The molecule has 2 bridgehead atoms. The van der Waals surface area contributed by atoms with Crippen LogP contribution in [0.5, 0.6) is 0 Å². The van der Waals surface area contributed by atoms with E-state index in [2.05, 4.69) is 26.1 Å². The van der Waals surface area contributed by atoms with Crippen LogP contribution in [0.15, 0.2) is 18.2 Å². The van der Waals surface area contributed by atoms with Crippen molar-refractivity contribution in [3.05, 3.63) is 33.8 Å². The Bertz CT molecular complexity index is 578. The first-order chi connectivity index (χ1) is 9.77. The molecule has 0 saturated heterocycles. The smallest absolute Gasteiger partial charge is 0.254 e. The van der Waals surface area contributed by atoms with Crippen LogP contribution in [0, 0.1) is 16.7 Å². The maximum absolute atomic E-state index is 12.6. The lowest BCUT2D eigenvalue weighted by molar-refractivity contribution is 0.0826. The number of nitrogens with one attached hydrogen (secondary N) is 1. The molecular formula is C17H21Cl2NO. The molecule has 2 fully saturated rings. The molecule has 1 N–H and O–H groups in total. The summed E-state index contributed by atoms with van der Waals surface area (Å²) in [7, 11) is 0. The Balaban J connectivity index is 1.84. The zero-order valence-corrected chi connectivity index (χ0v) is 14.2. The molecule has 0 spiro atoms. The van der Waals surface area contributed by atoms with Crippen LogP contribution >= 0.6 is 23.2 Å². The highest BCUT2D eigenvalue weighted by Gasteiger charge is 2.61. The first-order valence-electron chi connectivity index (χ1n) is 7.52. The van der Waals surface area contributed by atoms with Gasteiger partial charge in [0.1, 0.15) is 0 Å². The predicted molar refractivity (Wildman–Crippen MR) is 86.9 cm³/mol. The van der Waals surface area contributed by atoms with Gasteiger partial charge in [-0.25, -0.2) is 0 Å². The average molecular weight is 326 g/mol. The standard InChI is InChI=1S/C17H21Cl2NO/c1-16(2)10-7-8-17(16,3)13(9-10)20-15(21)14-11(18)5-4-6-12(14)19/h4-6,10,13H,7-9H2,1-3H3,(H,20,21)/t10-,13+,17+/m1/s1. The topological polar surface area (TPSA) is 29.1 Å². The van der Waals surface area contributed by atoms with Gasteiger partial charge in [-0.3, -0.25) is 4.79 Å². The van der Waals surface area contributed by atoms with Gasteiger partial charge in [0.25, 0.3) is 5.91 Å². The van der Waals surface area contributed by atoms with Gasteiger partial charge < -0.3 is 5.32 Å². The van der Waals surface area contributed by atoms with Crippen LogP contribution in [0.1, 0.15) is 50.4 Å². The normalized spacial score (nSPS) is 33.2. The van der Waals surface area contributed by atoms with E-state index in [0.717, 1.165) is 6.42 Å². The predicted octanol–water partition coefficient (Wildman–Crippen LogP) is 4.94. The van der Waals surface area contributed by atoms with E-state index < -0.39 is 0 Å². The first kappa shape index (κ1) is 15.2. The van der Waals surface area contributed by atoms with Crippen LogP contribution in [0.2, 0.25) is 10.0 Å². The second-order valence-corrected chi connectivity index (χ2v) is 8.05. The van der Waals surface area contributed by atoms with Crippen LogP contribution in [0.3, 0.4) is 0 Å². The molecule has 2 aliphatic rings. The van der Waals surface area contributed by atoms with Crippen molar-refractivity contribution >= 4 is 29.1 Å². The Morgan fingerprint density at radius 1 is 1.24 bits per heavy atom. The third-order valence-electron chi connectivity index (χ3n) is 6.29. The molecule has 4 heteroatoms. The summed E-state index contributed by atoms with van der Waals surface area (Å²) in [6.45, 7) is 6.97. The van der Waals surface area contributed by atoms with Crippen LogP contribution in [0.4, 0.5) is 0 Å². The van der Waals surface area contributed by atoms with Crippen molar-refractivity contribution in [3.63, 3.8) is 0 Å². The number of hydrogen-bond donors (Lipinski definition) is 1. The Kier molecular flexibility index (Phi) is 3.53. The second-order valence-electron chi connectivity index (χ2n) is 7.23. The van der Waals surface area contributed by atoms with E-state index in [9.17, 15) is 4.79 Å². The summed E-state index contributed by atoms with van der Waals surface area (Å²) < 4.78 is 0. The fraction of sp³-hybridized carbons (Fsp3) is 0.588. The van der Waals surface area contributed by atoms with Gasteiger partial charge in [-0.15, -0.1) is 0 Å². The third kappa shape index (κ3) is 2.10. The summed E-state index contributed by atoms with van der Waals surface area (Å²) in [5.74, 6) is 0.537. The van der Waals surface area contributed by atoms with Crippen LogP contribution in [-0.2, 0) is 0 Å². The van der Waals surface area contributed by atoms with E-state index in [1.54, 1.807) is 18.2 Å². The highest BCUT2D eigenvalue weighted by Crippen LogP contribution is 2.65. The number of carbonyl (C=O) groups is 1. The highest BCUT2D eigenvalue weighted by molar-refractivity contribution is 6.39. The van der Waals surface area contributed by atoms with Crippen molar-refractivity contribution in [3.8, 4) is 0 Å². The molecule has 2 saturated carbocycles. The molecule has 0 aliphatic heterocycles. The van der Waals surface area contributed by atoms with Crippen LogP contribution < -0.4 is 5.32 Å². The van der Waals surface area contributed by atoms with E-state index >= 15 is 0 Å². The van der Waals surface area contributed by atoms with Gasteiger partial charge in [-0.1, -0.05) is 50.0 Å². The molecule has 3 rings (SSSR count). The van der Waals surface area contributed by atoms with Crippen molar-refractivity contribution in [2.75, 3.05) is 0 Å². The second kappa shape index (κ2) is 4.89. The number of amides is 1. The first-order valence-corrected chi connectivity index (χ1v) is 8.28. The van der Waals surface area contributed by atoms with Gasteiger partial charge in [-0.05, 0) is 48.1 Å². The summed E-state index contributed by atoms with van der Waals surface area (Å²) in [6.07, 6.45) is 3.49. The van der Waals surface area contributed by atoms with Gasteiger partial charge in [-0.2, -0.15) is 0 Å². The molecule has 0 unspecified atom stereocenters. The SMILES string of the molecule is CC1(C)[C@@H]2CC[C@@]1(C)[C@@H](NC(=O)c1c(Cl)cccc1Cl)C2.